The number of ketones is 1. The molecule has 1 aromatic heterocycles. The van der Waals surface area contributed by atoms with Gasteiger partial charge in [-0.3, -0.25) is 9.59 Å². The van der Waals surface area contributed by atoms with Gasteiger partial charge in [-0.05, 0) is 29.1 Å². The van der Waals surface area contributed by atoms with E-state index in [9.17, 15) is 9.59 Å². The highest BCUT2D eigenvalue weighted by Crippen LogP contribution is 2.23. The number of carbonyl (C=O) groups excluding carboxylic acids is 2. The van der Waals surface area contributed by atoms with Crippen LogP contribution in [0, 0.1) is 0 Å². The number of halogens is 2. The number of esters is 1. The van der Waals surface area contributed by atoms with Crippen LogP contribution in [0.15, 0.2) is 35.7 Å². The second-order valence-corrected chi connectivity index (χ2v) is 6.07. The van der Waals surface area contributed by atoms with E-state index in [2.05, 4.69) is 0 Å². The summed E-state index contributed by atoms with van der Waals surface area (Å²) in [5, 5.41) is 2.70. The third-order valence-electron chi connectivity index (χ3n) is 2.74. The zero-order valence-electron chi connectivity index (χ0n) is 11.0. The molecule has 0 unspecified atom stereocenters. The molecule has 0 radical (unpaired) electrons. The third kappa shape index (κ3) is 4.84. The molecule has 1 heterocycles. The molecule has 0 spiro atoms. The molecule has 2 rings (SSSR count). The average Bonchev–Trinajstić information content (AvgIpc) is 3.00. The Hall–Kier alpha value is -1.36. The standard InChI is InChI=1S/C15H12Cl2O3S/c16-11-4-3-10(8-12(11)17)9-20-15(19)6-5-13(18)14-2-1-7-21-14/h1-4,7-8H,5-6,9H2. The molecule has 0 saturated carbocycles. The minimum Gasteiger partial charge on any atom is -0.461 e. The smallest absolute Gasteiger partial charge is 0.306 e. The van der Waals surface area contributed by atoms with E-state index in [0.717, 1.165) is 5.56 Å². The maximum Gasteiger partial charge on any atom is 0.306 e. The Morgan fingerprint density at radius 3 is 2.57 bits per heavy atom. The van der Waals surface area contributed by atoms with Gasteiger partial charge in [-0.25, -0.2) is 0 Å². The fourth-order valence-electron chi connectivity index (χ4n) is 1.64. The fourth-order valence-corrected chi connectivity index (χ4v) is 2.66. The van der Waals surface area contributed by atoms with Crippen LogP contribution in [0.25, 0.3) is 0 Å². The zero-order valence-corrected chi connectivity index (χ0v) is 13.3. The minimum atomic E-state index is -0.411. The van der Waals surface area contributed by atoms with E-state index in [-0.39, 0.29) is 25.2 Å². The van der Waals surface area contributed by atoms with Crippen molar-refractivity contribution in [3.8, 4) is 0 Å². The molecule has 1 aromatic carbocycles. The molecule has 0 N–H and O–H groups in total. The van der Waals surface area contributed by atoms with Crippen LogP contribution in [0.5, 0.6) is 0 Å². The Bertz CT molecular complexity index is 638. The summed E-state index contributed by atoms with van der Waals surface area (Å²) in [6, 6.07) is 8.58. The zero-order chi connectivity index (χ0) is 15.2. The van der Waals surface area contributed by atoms with Gasteiger partial charge in [0.1, 0.15) is 6.61 Å². The normalized spacial score (nSPS) is 10.4. The van der Waals surface area contributed by atoms with Gasteiger partial charge in [0.05, 0.1) is 21.3 Å². The van der Waals surface area contributed by atoms with Crippen LogP contribution in [0.3, 0.4) is 0 Å². The number of Topliss-reactive ketones (excluding diaryl/α,β-unsaturated/α-hetero) is 1. The summed E-state index contributed by atoms with van der Waals surface area (Å²) in [6.45, 7) is 0.114. The topological polar surface area (TPSA) is 43.4 Å². The molecule has 0 atom stereocenters. The lowest BCUT2D eigenvalue weighted by Gasteiger charge is -2.05. The lowest BCUT2D eigenvalue weighted by molar-refractivity contribution is -0.144. The van der Waals surface area contributed by atoms with Crippen molar-refractivity contribution < 1.29 is 14.3 Å². The van der Waals surface area contributed by atoms with Crippen molar-refractivity contribution >= 4 is 46.3 Å². The van der Waals surface area contributed by atoms with E-state index in [4.69, 9.17) is 27.9 Å². The van der Waals surface area contributed by atoms with Gasteiger partial charge in [0.25, 0.3) is 0 Å². The number of rotatable bonds is 6. The molecular formula is C15H12Cl2O3S. The van der Waals surface area contributed by atoms with Crippen LogP contribution in [-0.4, -0.2) is 11.8 Å². The summed E-state index contributed by atoms with van der Waals surface area (Å²) in [7, 11) is 0. The first-order valence-electron chi connectivity index (χ1n) is 6.22. The molecule has 0 amide bonds. The number of thiophene rings is 1. The Morgan fingerprint density at radius 2 is 1.90 bits per heavy atom. The van der Waals surface area contributed by atoms with E-state index in [1.807, 2.05) is 5.38 Å². The van der Waals surface area contributed by atoms with Gasteiger partial charge < -0.3 is 4.74 Å². The van der Waals surface area contributed by atoms with Crippen LogP contribution >= 0.6 is 34.5 Å². The Morgan fingerprint density at radius 1 is 1.10 bits per heavy atom. The molecule has 6 heteroatoms. The summed E-state index contributed by atoms with van der Waals surface area (Å²) in [6.07, 6.45) is 0.221. The first-order valence-corrected chi connectivity index (χ1v) is 7.86. The molecule has 2 aromatic rings. The van der Waals surface area contributed by atoms with E-state index in [0.29, 0.717) is 14.9 Å². The van der Waals surface area contributed by atoms with Gasteiger partial charge in [0, 0.05) is 6.42 Å². The maximum atomic E-state index is 11.7. The summed E-state index contributed by atoms with van der Waals surface area (Å²) in [4.78, 5) is 24.0. The quantitative estimate of drug-likeness (QED) is 0.561. The van der Waals surface area contributed by atoms with Crippen molar-refractivity contribution in [2.45, 2.75) is 19.4 Å². The summed E-state index contributed by atoms with van der Waals surface area (Å²) < 4.78 is 5.10. The van der Waals surface area contributed by atoms with Gasteiger partial charge in [-0.15, -0.1) is 11.3 Å². The van der Waals surface area contributed by atoms with Gasteiger partial charge in [-0.1, -0.05) is 35.3 Å². The van der Waals surface area contributed by atoms with Crippen LogP contribution in [-0.2, 0) is 16.1 Å². The van der Waals surface area contributed by atoms with E-state index < -0.39 is 5.97 Å². The second-order valence-electron chi connectivity index (χ2n) is 4.31. The van der Waals surface area contributed by atoms with Gasteiger partial charge in [-0.2, -0.15) is 0 Å². The van der Waals surface area contributed by atoms with Crippen LogP contribution in [0.2, 0.25) is 10.0 Å². The summed E-state index contributed by atoms with van der Waals surface area (Å²) >= 11 is 13.0. The number of hydrogen-bond donors (Lipinski definition) is 0. The molecule has 3 nitrogen and oxygen atoms in total. The first kappa shape index (κ1) is 16.0. The molecule has 0 fully saturated rings. The number of carbonyl (C=O) groups is 2. The van der Waals surface area contributed by atoms with Gasteiger partial charge in [0.2, 0.25) is 0 Å². The third-order valence-corrected chi connectivity index (χ3v) is 4.39. The van der Waals surface area contributed by atoms with Crippen LogP contribution < -0.4 is 0 Å². The highest BCUT2D eigenvalue weighted by Gasteiger charge is 2.11. The molecule has 21 heavy (non-hydrogen) atoms. The highest BCUT2D eigenvalue weighted by atomic mass is 35.5. The summed E-state index contributed by atoms with van der Waals surface area (Å²) in [5.41, 5.74) is 0.752. The SMILES string of the molecule is O=C(CCC(=O)c1cccs1)OCc1ccc(Cl)c(Cl)c1. The van der Waals surface area contributed by atoms with Crippen molar-refractivity contribution in [2.24, 2.45) is 0 Å². The maximum absolute atomic E-state index is 11.7. The van der Waals surface area contributed by atoms with E-state index in [1.165, 1.54) is 11.3 Å². The Balaban J connectivity index is 1.77. The lowest BCUT2D eigenvalue weighted by Crippen LogP contribution is -2.07. The Kier molecular flexibility index (Phi) is 5.79. The van der Waals surface area contributed by atoms with Crippen molar-refractivity contribution in [2.75, 3.05) is 0 Å². The number of hydrogen-bond acceptors (Lipinski definition) is 4. The Labute approximate surface area is 136 Å². The minimum absolute atomic E-state index is 0.0449. The van der Waals surface area contributed by atoms with E-state index >= 15 is 0 Å². The fraction of sp³-hybridized carbons (Fsp3) is 0.200. The second kappa shape index (κ2) is 7.59. The molecular weight excluding hydrogens is 331 g/mol. The molecule has 0 bridgehead atoms. The first-order chi connectivity index (χ1) is 10.1. The molecule has 0 aliphatic rings. The van der Waals surface area contributed by atoms with Gasteiger partial charge in [0.15, 0.2) is 5.78 Å². The van der Waals surface area contributed by atoms with Crippen LogP contribution in [0.4, 0.5) is 0 Å². The van der Waals surface area contributed by atoms with Crippen molar-refractivity contribution in [3.05, 3.63) is 56.2 Å². The van der Waals surface area contributed by atoms with Gasteiger partial charge >= 0.3 is 5.97 Å². The molecule has 0 aliphatic carbocycles. The molecule has 0 aliphatic heterocycles. The largest absolute Gasteiger partial charge is 0.461 e. The monoisotopic (exact) mass is 342 g/mol. The number of ether oxygens (including phenoxy) is 1. The summed E-state index contributed by atoms with van der Waals surface area (Å²) in [5.74, 6) is -0.456. The van der Waals surface area contributed by atoms with E-state index in [1.54, 1.807) is 30.3 Å². The molecule has 110 valence electrons. The van der Waals surface area contributed by atoms with Crippen molar-refractivity contribution in [3.63, 3.8) is 0 Å². The average molecular weight is 343 g/mol. The van der Waals surface area contributed by atoms with Crippen LogP contribution in [0.1, 0.15) is 28.1 Å². The van der Waals surface area contributed by atoms with Crippen molar-refractivity contribution in [1.82, 2.24) is 0 Å². The predicted molar refractivity (Wildman–Crippen MR) is 84.1 cm³/mol. The predicted octanol–water partition coefficient (Wildman–Crippen LogP) is 4.76. The number of benzene rings is 1. The molecule has 0 saturated heterocycles. The highest BCUT2D eigenvalue weighted by molar-refractivity contribution is 7.12. The lowest BCUT2D eigenvalue weighted by atomic mass is 10.2. The van der Waals surface area contributed by atoms with Crippen molar-refractivity contribution in [1.29, 1.82) is 0 Å².